The van der Waals surface area contributed by atoms with Gasteiger partial charge in [-0.2, -0.15) is 0 Å². The van der Waals surface area contributed by atoms with Gasteiger partial charge < -0.3 is 15.6 Å². The van der Waals surface area contributed by atoms with Gasteiger partial charge in [0.25, 0.3) is 0 Å². The van der Waals surface area contributed by atoms with E-state index in [4.69, 9.17) is 5.41 Å². The normalized spacial score (nSPS) is 15.7. The average molecular weight is 241 g/mol. The molecule has 0 amide bonds. The number of rotatable bonds is 3. The third kappa shape index (κ3) is 11.1. The van der Waals surface area contributed by atoms with E-state index >= 15 is 0 Å². The monoisotopic (exact) mass is 241 g/mol. The van der Waals surface area contributed by atoms with Crippen LogP contribution < -0.4 is 5.32 Å². The minimum atomic E-state index is 0.412. The van der Waals surface area contributed by atoms with E-state index in [1.807, 2.05) is 0 Å². The Morgan fingerprint density at radius 3 is 2.18 bits per heavy atom. The molecule has 100 valence electrons. The van der Waals surface area contributed by atoms with Gasteiger partial charge >= 0.3 is 0 Å². The molecule has 0 unspecified atom stereocenters. The molecule has 0 bridgehead atoms. The smallest absolute Gasteiger partial charge is 0.165 e. The number of allylic oxidation sites excluding steroid dienone is 1. The number of carbonyl (C=O) groups is 1. The molecule has 1 fully saturated rings. The summed E-state index contributed by atoms with van der Waals surface area (Å²) in [6.45, 7) is 10.7. The van der Waals surface area contributed by atoms with Gasteiger partial charge in [0.1, 0.15) is 0 Å². The van der Waals surface area contributed by atoms with Crippen LogP contribution in [-0.2, 0) is 4.79 Å². The first-order valence-corrected chi connectivity index (χ1v) is 5.99. The zero-order valence-electron chi connectivity index (χ0n) is 11.5. The predicted octanol–water partition coefficient (Wildman–Crippen LogP) is 1.92. The van der Waals surface area contributed by atoms with Crippen molar-refractivity contribution in [3.05, 3.63) is 12.3 Å². The van der Waals surface area contributed by atoms with Crippen LogP contribution in [0, 0.1) is 11.3 Å². The molecule has 4 nitrogen and oxygen atoms in total. The fourth-order valence-electron chi connectivity index (χ4n) is 1.53. The Bertz CT molecular complexity index is 199. The maximum atomic E-state index is 9.57. The molecular formula is C13H27N3O. The molecule has 17 heavy (non-hydrogen) atoms. The Morgan fingerprint density at radius 2 is 1.94 bits per heavy atom. The van der Waals surface area contributed by atoms with Gasteiger partial charge in [-0.15, -0.1) is 0 Å². The first-order valence-electron chi connectivity index (χ1n) is 5.99. The van der Waals surface area contributed by atoms with Crippen molar-refractivity contribution in [2.24, 2.45) is 5.92 Å². The van der Waals surface area contributed by atoms with Gasteiger partial charge in [-0.25, -0.2) is 0 Å². The highest BCUT2D eigenvalue weighted by molar-refractivity contribution is 5.70. The molecule has 2 N–H and O–H groups in total. The second kappa shape index (κ2) is 12.9. The fourth-order valence-corrected chi connectivity index (χ4v) is 1.53. The summed E-state index contributed by atoms with van der Waals surface area (Å²) in [5.41, 5.74) is 0.412. The second-order valence-corrected chi connectivity index (χ2v) is 4.05. The van der Waals surface area contributed by atoms with Crippen molar-refractivity contribution in [2.45, 2.75) is 26.2 Å². The van der Waals surface area contributed by atoms with E-state index in [0.29, 0.717) is 12.0 Å². The molecule has 1 aliphatic heterocycles. The first-order chi connectivity index (χ1) is 8.13. The van der Waals surface area contributed by atoms with Crippen molar-refractivity contribution in [3.8, 4) is 0 Å². The molecule has 1 heterocycles. The van der Waals surface area contributed by atoms with Gasteiger partial charge in [0.15, 0.2) is 6.29 Å². The number of nitrogens with one attached hydrogen (secondary N) is 2. The Hall–Kier alpha value is -1.16. The van der Waals surface area contributed by atoms with Crippen LogP contribution in [0.5, 0.6) is 0 Å². The van der Waals surface area contributed by atoms with E-state index in [0.717, 1.165) is 5.92 Å². The summed E-state index contributed by atoms with van der Waals surface area (Å²) in [6.07, 6.45) is 4.90. The van der Waals surface area contributed by atoms with E-state index in [9.17, 15) is 4.79 Å². The highest BCUT2D eigenvalue weighted by Crippen LogP contribution is 2.18. The molecule has 1 rings (SSSR count). The molecular weight excluding hydrogens is 214 g/mol. The summed E-state index contributed by atoms with van der Waals surface area (Å²) < 4.78 is 0. The second-order valence-electron chi connectivity index (χ2n) is 4.05. The van der Waals surface area contributed by atoms with E-state index in [-0.39, 0.29) is 0 Å². The lowest BCUT2D eigenvalue weighted by molar-refractivity contribution is -0.105. The minimum Gasteiger partial charge on any atom is -0.386 e. The van der Waals surface area contributed by atoms with E-state index in [1.165, 1.54) is 32.4 Å². The van der Waals surface area contributed by atoms with Crippen molar-refractivity contribution in [3.63, 3.8) is 0 Å². The highest BCUT2D eigenvalue weighted by Gasteiger charge is 2.13. The van der Waals surface area contributed by atoms with Crippen molar-refractivity contribution in [1.82, 2.24) is 10.2 Å². The van der Waals surface area contributed by atoms with Crippen LogP contribution in [0.15, 0.2) is 12.3 Å². The summed E-state index contributed by atoms with van der Waals surface area (Å²) in [7, 11) is 3.86. The number of likely N-dealkylation sites (N-methyl/N-ethyl adjacent to an activating group) is 1. The fraction of sp³-hybridized carbons (Fsp3) is 0.692. The van der Waals surface area contributed by atoms with Crippen LogP contribution >= 0.6 is 0 Å². The summed E-state index contributed by atoms with van der Waals surface area (Å²) in [4.78, 5) is 12.0. The Balaban J connectivity index is 0. The van der Waals surface area contributed by atoms with Crippen molar-refractivity contribution in [1.29, 1.82) is 5.41 Å². The molecule has 0 saturated carbocycles. The summed E-state index contributed by atoms with van der Waals surface area (Å²) in [5.74, 6) is 1.03. The summed E-state index contributed by atoms with van der Waals surface area (Å²) in [6, 6.07) is 0. The number of hydrogen-bond donors (Lipinski definition) is 2. The van der Waals surface area contributed by atoms with Gasteiger partial charge in [-0.1, -0.05) is 19.9 Å². The molecule has 1 aliphatic rings. The SMILES string of the molecule is C=C(C=O)NC.C=N.CCC1CCN(C)CC1. The third-order valence-electron chi connectivity index (χ3n) is 2.88. The van der Waals surface area contributed by atoms with Gasteiger partial charge in [0.05, 0.1) is 5.70 Å². The molecule has 0 aromatic heterocycles. The van der Waals surface area contributed by atoms with Crippen LogP contribution in [0.1, 0.15) is 26.2 Å². The van der Waals surface area contributed by atoms with Gasteiger partial charge in [0.2, 0.25) is 0 Å². The number of nitrogens with zero attached hydrogens (tertiary/aromatic N) is 1. The molecule has 1 saturated heterocycles. The number of hydrogen-bond acceptors (Lipinski definition) is 4. The lowest BCUT2D eigenvalue weighted by Gasteiger charge is -2.27. The average Bonchev–Trinajstić information content (AvgIpc) is 2.41. The number of piperidine rings is 1. The molecule has 4 heteroatoms. The highest BCUT2D eigenvalue weighted by atomic mass is 16.1. The summed E-state index contributed by atoms with van der Waals surface area (Å²) in [5, 5.41) is 8.05. The maximum absolute atomic E-state index is 9.57. The largest absolute Gasteiger partial charge is 0.386 e. The Kier molecular flexibility index (Phi) is 13.8. The first kappa shape index (κ1) is 18.2. The van der Waals surface area contributed by atoms with Crippen LogP contribution in [0.2, 0.25) is 0 Å². The Labute approximate surface area is 106 Å². The van der Waals surface area contributed by atoms with Crippen LogP contribution in [0.3, 0.4) is 0 Å². The lowest BCUT2D eigenvalue weighted by atomic mass is 9.95. The molecule has 0 aromatic carbocycles. The number of aldehydes is 1. The number of carbonyl (C=O) groups excluding carboxylic acids is 1. The molecule has 0 spiro atoms. The van der Waals surface area contributed by atoms with Crippen LogP contribution in [0.4, 0.5) is 0 Å². The van der Waals surface area contributed by atoms with Gasteiger partial charge in [-0.3, -0.25) is 4.79 Å². The van der Waals surface area contributed by atoms with E-state index < -0.39 is 0 Å². The third-order valence-corrected chi connectivity index (χ3v) is 2.88. The molecule has 0 radical (unpaired) electrons. The van der Waals surface area contributed by atoms with Crippen molar-refractivity contribution >= 4 is 13.0 Å². The van der Waals surface area contributed by atoms with Gasteiger partial charge in [0, 0.05) is 7.05 Å². The minimum absolute atomic E-state index is 0.412. The quantitative estimate of drug-likeness (QED) is 0.451. The summed E-state index contributed by atoms with van der Waals surface area (Å²) >= 11 is 0. The Morgan fingerprint density at radius 1 is 1.47 bits per heavy atom. The van der Waals surface area contributed by atoms with Crippen molar-refractivity contribution < 1.29 is 4.79 Å². The van der Waals surface area contributed by atoms with Gasteiger partial charge in [-0.05, 0) is 45.6 Å². The molecule has 0 aliphatic carbocycles. The van der Waals surface area contributed by atoms with E-state index in [2.05, 4.69) is 37.5 Å². The van der Waals surface area contributed by atoms with Crippen LogP contribution in [0.25, 0.3) is 0 Å². The number of likely N-dealkylation sites (tertiary alicyclic amines) is 1. The zero-order chi connectivity index (χ0) is 13.7. The lowest BCUT2D eigenvalue weighted by Crippen LogP contribution is -2.29. The van der Waals surface area contributed by atoms with E-state index in [1.54, 1.807) is 7.05 Å². The predicted molar refractivity (Wildman–Crippen MR) is 74.6 cm³/mol. The zero-order valence-corrected chi connectivity index (χ0v) is 11.5. The molecule has 0 aromatic rings. The molecule has 0 atom stereocenters. The van der Waals surface area contributed by atoms with Crippen LogP contribution in [-0.4, -0.2) is 45.1 Å². The maximum Gasteiger partial charge on any atom is 0.165 e. The topological polar surface area (TPSA) is 56.2 Å². The standard InChI is InChI=1S/C8H17N.C4H7NO.CH3N/c1-3-8-4-6-9(2)7-5-8;1-4(3-6)5-2;1-2/h8H,3-7H2,1-2H3;3,5H,1H2,2H3;2H,1H2. The van der Waals surface area contributed by atoms with Crippen molar-refractivity contribution in [2.75, 3.05) is 27.2 Å².